The molecule has 0 unspecified atom stereocenters. The number of hydrogen-bond donors (Lipinski definition) is 1. The fraction of sp³-hybridized carbons (Fsp3) is 0.278. The second kappa shape index (κ2) is 7.40. The molecule has 0 radical (unpaired) electrons. The van der Waals surface area contributed by atoms with Crippen molar-refractivity contribution in [2.75, 3.05) is 7.11 Å². The van der Waals surface area contributed by atoms with Crippen molar-refractivity contribution in [1.82, 2.24) is 5.43 Å². The molecule has 1 heterocycles. The van der Waals surface area contributed by atoms with E-state index in [0.717, 1.165) is 6.42 Å². The number of aryl methyl sites for hydroxylation is 1. The molecule has 0 saturated heterocycles. The number of methoxy groups -OCH3 is 1. The molecule has 9 nitrogen and oxygen atoms in total. The van der Waals surface area contributed by atoms with E-state index in [9.17, 15) is 19.7 Å². The van der Waals surface area contributed by atoms with Crippen LogP contribution in [0.2, 0.25) is 0 Å². The van der Waals surface area contributed by atoms with Crippen molar-refractivity contribution in [3.8, 4) is 0 Å². The van der Waals surface area contributed by atoms with Crippen LogP contribution in [0.25, 0.3) is 0 Å². The van der Waals surface area contributed by atoms with Gasteiger partial charge in [0, 0.05) is 35.2 Å². The standard InChI is InChI=1S/C18H17N3O6/c1-10-15-13(4-3-5-14(15)27-16(10)18(23)26-2)19-20-17(22)11-6-8-12(9-7-11)21(24)25/h6-9H,3-5H2,1-2H3,(H,20,22)/b19-13+. The number of esters is 1. The van der Waals surface area contributed by atoms with Gasteiger partial charge in [-0.2, -0.15) is 5.10 Å². The lowest BCUT2D eigenvalue weighted by atomic mass is 9.93. The Morgan fingerprint density at radius 3 is 2.59 bits per heavy atom. The van der Waals surface area contributed by atoms with E-state index < -0.39 is 16.8 Å². The number of amides is 1. The first kappa shape index (κ1) is 18.3. The number of nitrogens with zero attached hydrogens (tertiary/aromatic N) is 2. The summed E-state index contributed by atoms with van der Waals surface area (Å²) >= 11 is 0. The van der Waals surface area contributed by atoms with Crippen molar-refractivity contribution in [3.05, 3.63) is 62.6 Å². The average molecular weight is 371 g/mol. The molecule has 3 rings (SSSR count). The number of nitro benzene ring substituents is 1. The number of rotatable bonds is 4. The molecule has 0 fully saturated rings. The van der Waals surface area contributed by atoms with Gasteiger partial charge in [0.15, 0.2) is 0 Å². The number of furan rings is 1. The van der Waals surface area contributed by atoms with Crippen LogP contribution in [0.15, 0.2) is 33.8 Å². The highest BCUT2D eigenvalue weighted by Gasteiger charge is 2.28. The second-order valence-electron chi connectivity index (χ2n) is 6.00. The molecule has 9 heteroatoms. The zero-order valence-electron chi connectivity index (χ0n) is 14.8. The number of nitrogens with one attached hydrogen (secondary N) is 1. The van der Waals surface area contributed by atoms with Gasteiger partial charge in [-0.3, -0.25) is 14.9 Å². The lowest BCUT2D eigenvalue weighted by molar-refractivity contribution is -0.384. The molecule has 0 saturated carbocycles. The normalized spacial score (nSPS) is 14.5. The SMILES string of the molecule is COC(=O)c1oc2c(c1C)/C(=N/NC(=O)c1ccc([N+](=O)[O-])cc1)CCC2. The number of carbonyl (C=O) groups excluding carboxylic acids is 2. The molecular formula is C18H17N3O6. The summed E-state index contributed by atoms with van der Waals surface area (Å²) in [6.07, 6.45) is 2.06. The Labute approximate surface area is 154 Å². The van der Waals surface area contributed by atoms with Crippen molar-refractivity contribution in [3.63, 3.8) is 0 Å². The number of benzene rings is 1. The Hall–Kier alpha value is -3.49. The van der Waals surface area contributed by atoms with E-state index in [0.29, 0.717) is 35.4 Å². The molecule has 0 spiro atoms. The first-order chi connectivity index (χ1) is 12.9. The number of nitro groups is 1. The highest BCUT2D eigenvalue weighted by Crippen LogP contribution is 2.30. The lowest BCUT2D eigenvalue weighted by Crippen LogP contribution is -2.22. The van der Waals surface area contributed by atoms with Crippen LogP contribution in [0.1, 0.15) is 50.6 Å². The predicted octanol–water partition coefficient (Wildman–Crippen LogP) is 2.75. The zero-order valence-corrected chi connectivity index (χ0v) is 14.8. The van der Waals surface area contributed by atoms with Crippen molar-refractivity contribution in [2.24, 2.45) is 5.10 Å². The fourth-order valence-corrected chi connectivity index (χ4v) is 2.98. The number of ether oxygens (including phenoxy) is 1. The van der Waals surface area contributed by atoms with Crippen LogP contribution >= 0.6 is 0 Å². The molecule has 27 heavy (non-hydrogen) atoms. The second-order valence-corrected chi connectivity index (χ2v) is 6.00. The van der Waals surface area contributed by atoms with Crippen LogP contribution in [0.5, 0.6) is 0 Å². The lowest BCUT2D eigenvalue weighted by Gasteiger charge is -2.13. The van der Waals surface area contributed by atoms with Crippen molar-refractivity contribution >= 4 is 23.3 Å². The minimum absolute atomic E-state index is 0.0980. The molecule has 1 N–H and O–H groups in total. The third-order valence-corrected chi connectivity index (χ3v) is 4.33. The summed E-state index contributed by atoms with van der Waals surface area (Å²) in [5, 5.41) is 14.9. The third-order valence-electron chi connectivity index (χ3n) is 4.33. The summed E-state index contributed by atoms with van der Waals surface area (Å²) in [7, 11) is 1.28. The minimum atomic E-state index is -0.559. The van der Waals surface area contributed by atoms with E-state index in [1.165, 1.54) is 31.4 Å². The number of hydrazone groups is 1. The summed E-state index contributed by atoms with van der Waals surface area (Å²) in [4.78, 5) is 34.2. The topological polar surface area (TPSA) is 124 Å². The summed E-state index contributed by atoms with van der Waals surface area (Å²) in [5.74, 6) is -0.267. The number of hydrogen-bond acceptors (Lipinski definition) is 7. The Bertz CT molecular complexity index is 943. The van der Waals surface area contributed by atoms with Gasteiger partial charge in [-0.05, 0) is 31.9 Å². The number of carbonyl (C=O) groups is 2. The predicted molar refractivity (Wildman–Crippen MR) is 94.8 cm³/mol. The third kappa shape index (κ3) is 3.57. The molecule has 1 aromatic heterocycles. The maximum absolute atomic E-state index is 12.2. The maximum atomic E-state index is 12.2. The number of fused-ring (bicyclic) bond motifs is 1. The molecule has 140 valence electrons. The van der Waals surface area contributed by atoms with Gasteiger partial charge >= 0.3 is 5.97 Å². The van der Waals surface area contributed by atoms with Gasteiger partial charge in [-0.25, -0.2) is 10.2 Å². The quantitative estimate of drug-likeness (QED) is 0.501. The first-order valence-electron chi connectivity index (χ1n) is 8.24. The van der Waals surface area contributed by atoms with Crippen LogP contribution in [0.3, 0.4) is 0 Å². The fourth-order valence-electron chi connectivity index (χ4n) is 2.98. The van der Waals surface area contributed by atoms with Crippen LogP contribution in [-0.2, 0) is 11.2 Å². The summed E-state index contributed by atoms with van der Waals surface area (Å²) in [6, 6.07) is 5.23. The van der Waals surface area contributed by atoms with E-state index in [4.69, 9.17) is 9.15 Å². The molecule has 1 aliphatic rings. The average Bonchev–Trinajstić information content (AvgIpc) is 3.02. The van der Waals surface area contributed by atoms with Gasteiger partial charge in [0.25, 0.3) is 11.6 Å². The zero-order chi connectivity index (χ0) is 19.6. The van der Waals surface area contributed by atoms with E-state index in [-0.39, 0.29) is 17.0 Å². The van der Waals surface area contributed by atoms with Crippen LogP contribution in [-0.4, -0.2) is 29.6 Å². The molecule has 0 aliphatic heterocycles. The monoisotopic (exact) mass is 371 g/mol. The summed E-state index contributed by atoms with van der Waals surface area (Å²) in [6.45, 7) is 1.74. The van der Waals surface area contributed by atoms with Gasteiger partial charge < -0.3 is 9.15 Å². The molecule has 1 aliphatic carbocycles. The number of non-ortho nitro benzene ring substituents is 1. The van der Waals surface area contributed by atoms with Gasteiger partial charge in [-0.1, -0.05) is 0 Å². The minimum Gasteiger partial charge on any atom is -0.463 e. The highest BCUT2D eigenvalue weighted by atomic mass is 16.6. The van der Waals surface area contributed by atoms with Gasteiger partial charge in [-0.15, -0.1) is 0 Å². The van der Waals surface area contributed by atoms with E-state index in [2.05, 4.69) is 10.5 Å². The molecule has 2 aromatic rings. The highest BCUT2D eigenvalue weighted by molar-refractivity contribution is 6.06. The molecule has 1 amide bonds. The molecule has 1 aromatic carbocycles. The van der Waals surface area contributed by atoms with Gasteiger partial charge in [0.05, 0.1) is 17.7 Å². The summed E-state index contributed by atoms with van der Waals surface area (Å²) in [5.41, 5.74) is 4.56. The van der Waals surface area contributed by atoms with Crippen LogP contribution < -0.4 is 5.43 Å². The van der Waals surface area contributed by atoms with Gasteiger partial charge in [0.1, 0.15) is 5.76 Å². The Morgan fingerprint density at radius 1 is 1.26 bits per heavy atom. The molecule has 0 bridgehead atoms. The Morgan fingerprint density at radius 2 is 1.96 bits per heavy atom. The van der Waals surface area contributed by atoms with Crippen LogP contribution in [0, 0.1) is 17.0 Å². The smallest absolute Gasteiger partial charge is 0.374 e. The van der Waals surface area contributed by atoms with E-state index in [1.807, 2.05) is 0 Å². The first-order valence-corrected chi connectivity index (χ1v) is 8.24. The molecule has 0 atom stereocenters. The van der Waals surface area contributed by atoms with Crippen molar-refractivity contribution < 1.29 is 23.7 Å². The Balaban J connectivity index is 1.83. The Kier molecular flexibility index (Phi) is 5.02. The molecular weight excluding hydrogens is 354 g/mol. The maximum Gasteiger partial charge on any atom is 0.374 e. The van der Waals surface area contributed by atoms with Crippen molar-refractivity contribution in [1.29, 1.82) is 0 Å². The van der Waals surface area contributed by atoms with E-state index in [1.54, 1.807) is 6.92 Å². The van der Waals surface area contributed by atoms with Gasteiger partial charge in [0.2, 0.25) is 5.76 Å². The van der Waals surface area contributed by atoms with Crippen molar-refractivity contribution in [2.45, 2.75) is 26.2 Å². The van der Waals surface area contributed by atoms with E-state index >= 15 is 0 Å². The van der Waals surface area contributed by atoms with Crippen LogP contribution in [0.4, 0.5) is 5.69 Å². The largest absolute Gasteiger partial charge is 0.463 e. The summed E-state index contributed by atoms with van der Waals surface area (Å²) < 4.78 is 10.3.